The molecular formula is C15H25IN2S. The number of nitrogens with zero attached hydrogens (tertiary/aromatic N) is 1. The molecule has 0 radical (unpaired) electrons. The van der Waals surface area contributed by atoms with Crippen molar-refractivity contribution in [3.8, 4) is 0 Å². The van der Waals surface area contributed by atoms with E-state index in [2.05, 4.69) is 52.7 Å². The molecule has 1 unspecified atom stereocenters. The highest BCUT2D eigenvalue weighted by Gasteiger charge is 2.21. The summed E-state index contributed by atoms with van der Waals surface area (Å²) >= 11 is 4.44. The fourth-order valence-electron chi connectivity index (χ4n) is 2.85. The summed E-state index contributed by atoms with van der Waals surface area (Å²) in [5.74, 6) is 0. The number of hydrogen-bond acceptors (Lipinski definition) is 3. The first-order chi connectivity index (χ1) is 9.24. The van der Waals surface area contributed by atoms with E-state index in [1.54, 1.807) is 10.4 Å². The maximum atomic E-state index is 3.77. The summed E-state index contributed by atoms with van der Waals surface area (Å²) in [5.41, 5.74) is 1.59. The Morgan fingerprint density at radius 2 is 2.21 bits per heavy atom. The molecular weight excluding hydrogens is 367 g/mol. The highest BCUT2D eigenvalue weighted by molar-refractivity contribution is 14.1. The molecule has 19 heavy (non-hydrogen) atoms. The lowest BCUT2D eigenvalue weighted by molar-refractivity contribution is 0.294. The molecule has 1 N–H and O–H groups in total. The summed E-state index contributed by atoms with van der Waals surface area (Å²) in [4.78, 5) is 4.12. The normalized spacial score (nSPS) is 18.8. The van der Waals surface area contributed by atoms with E-state index in [4.69, 9.17) is 0 Å². The minimum atomic E-state index is 0.611. The Balaban J connectivity index is 1.78. The van der Waals surface area contributed by atoms with Crippen molar-refractivity contribution < 1.29 is 0 Å². The van der Waals surface area contributed by atoms with Crippen molar-refractivity contribution >= 4 is 33.9 Å². The third-order valence-electron chi connectivity index (χ3n) is 4.02. The van der Waals surface area contributed by atoms with E-state index < -0.39 is 0 Å². The van der Waals surface area contributed by atoms with Crippen LogP contribution in [0, 0.1) is 2.88 Å². The Bertz CT molecular complexity index is 387. The van der Waals surface area contributed by atoms with Crippen molar-refractivity contribution in [1.29, 1.82) is 0 Å². The second-order valence-corrected chi connectivity index (χ2v) is 8.24. The molecule has 0 spiro atoms. The van der Waals surface area contributed by atoms with Crippen LogP contribution in [0.25, 0.3) is 0 Å². The maximum absolute atomic E-state index is 3.77. The van der Waals surface area contributed by atoms with E-state index in [0.717, 1.165) is 6.54 Å². The van der Waals surface area contributed by atoms with Crippen LogP contribution in [-0.4, -0.2) is 31.1 Å². The number of halogens is 1. The molecule has 2 rings (SSSR count). The van der Waals surface area contributed by atoms with E-state index in [1.165, 1.54) is 48.2 Å². The molecule has 1 aromatic heterocycles. The monoisotopic (exact) mass is 392 g/mol. The second-order valence-electron chi connectivity index (χ2n) is 5.21. The van der Waals surface area contributed by atoms with Crippen LogP contribution in [-0.2, 0) is 6.42 Å². The van der Waals surface area contributed by atoms with Crippen LogP contribution < -0.4 is 5.32 Å². The van der Waals surface area contributed by atoms with Gasteiger partial charge in [0.05, 0.1) is 2.88 Å². The first-order valence-electron chi connectivity index (χ1n) is 7.48. The first kappa shape index (κ1) is 15.7. The molecule has 0 bridgehead atoms. The van der Waals surface area contributed by atoms with Gasteiger partial charge in [-0.15, -0.1) is 11.3 Å². The predicted octanol–water partition coefficient (Wildman–Crippen LogP) is 4.05. The maximum Gasteiger partial charge on any atom is 0.0659 e. The molecule has 0 aromatic carbocycles. The van der Waals surface area contributed by atoms with Crippen molar-refractivity contribution in [2.75, 3.05) is 26.2 Å². The Kier molecular flexibility index (Phi) is 6.59. The Hall–Kier alpha value is 0.350. The molecule has 1 heterocycles. The van der Waals surface area contributed by atoms with Gasteiger partial charge in [0.1, 0.15) is 0 Å². The minimum absolute atomic E-state index is 0.611. The lowest BCUT2D eigenvalue weighted by Gasteiger charge is -2.24. The molecule has 1 aliphatic rings. The number of rotatable bonds is 7. The fourth-order valence-corrected chi connectivity index (χ4v) is 4.97. The van der Waals surface area contributed by atoms with Crippen LogP contribution in [0.3, 0.4) is 0 Å². The van der Waals surface area contributed by atoms with Crippen LogP contribution in [0.2, 0.25) is 0 Å². The van der Waals surface area contributed by atoms with Gasteiger partial charge < -0.3 is 10.2 Å². The zero-order valence-corrected chi connectivity index (χ0v) is 15.0. The van der Waals surface area contributed by atoms with E-state index in [-0.39, 0.29) is 0 Å². The third-order valence-corrected chi connectivity index (χ3v) is 5.99. The molecule has 1 atom stereocenters. The Labute approximate surface area is 135 Å². The number of nitrogens with one attached hydrogen (secondary N) is 1. The zero-order chi connectivity index (χ0) is 13.7. The molecule has 0 fully saturated rings. The van der Waals surface area contributed by atoms with Crippen LogP contribution in [0.5, 0.6) is 0 Å². The number of fused-ring (bicyclic) bond motifs is 1. The first-order valence-corrected chi connectivity index (χ1v) is 9.38. The van der Waals surface area contributed by atoms with E-state index in [0.29, 0.717) is 6.04 Å². The highest BCUT2D eigenvalue weighted by Crippen LogP contribution is 2.36. The SMILES string of the molecule is CCN(CC)CCCNC1CCCc2sc(I)cc21. The van der Waals surface area contributed by atoms with Gasteiger partial charge in [0.25, 0.3) is 0 Å². The minimum Gasteiger partial charge on any atom is -0.310 e. The van der Waals surface area contributed by atoms with E-state index >= 15 is 0 Å². The van der Waals surface area contributed by atoms with E-state index in [9.17, 15) is 0 Å². The molecule has 0 amide bonds. The molecule has 108 valence electrons. The lowest BCUT2D eigenvalue weighted by Crippen LogP contribution is -2.29. The molecule has 0 saturated carbocycles. The van der Waals surface area contributed by atoms with Crippen LogP contribution >= 0.6 is 33.9 Å². The van der Waals surface area contributed by atoms with Gasteiger partial charge in [0, 0.05) is 10.9 Å². The highest BCUT2D eigenvalue weighted by atomic mass is 127. The summed E-state index contributed by atoms with van der Waals surface area (Å²) in [6, 6.07) is 3.00. The van der Waals surface area contributed by atoms with Crippen LogP contribution in [0.15, 0.2) is 6.07 Å². The van der Waals surface area contributed by atoms with Crippen LogP contribution in [0.1, 0.15) is 49.6 Å². The van der Waals surface area contributed by atoms with Gasteiger partial charge in [-0.3, -0.25) is 0 Å². The number of thiophene rings is 1. The number of hydrogen-bond donors (Lipinski definition) is 1. The second kappa shape index (κ2) is 7.96. The molecule has 2 nitrogen and oxygen atoms in total. The lowest BCUT2D eigenvalue weighted by atomic mass is 9.94. The third kappa shape index (κ3) is 4.41. The van der Waals surface area contributed by atoms with Gasteiger partial charge >= 0.3 is 0 Å². The van der Waals surface area contributed by atoms with Crippen molar-refractivity contribution in [2.24, 2.45) is 0 Å². The van der Waals surface area contributed by atoms with Gasteiger partial charge in [0.2, 0.25) is 0 Å². The summed E-state index contributed by atoms with van der Waals surface area (Å²) in [7, 11) is 0. The summed E-state index contributed by atoms with van der Waals surface area (Å²) in [6.45, 7) is 9.21. The predicted molar refractivity (Wildman–Crippen MR) is 93.1 cm³/mol. The molecule has 4 heteroatoms. The molecule has 0 saturated heterocycles. The topological polar surface area (TPSA) is 15.3 Å². The van der Waals surface area contributed by atoms with Crippen molar-refractivity contribution in [2.45, 2.75) is 45.6 Å². The molecule has 1 aromatic rings. The van der Waals surface area contributed by atoms with Gasteiger partial charge in [-0.25, -0.2) is 0 Å². The molecule has 0 aliphatic heterocycles. The average molecular weight is 392 g/mol. The summed E-state index contributed by atoms with van der Waals surface area (Å²) < 4.78 is 1.44. The Morgan fingerprint density at radius 3 is 2.95 bits per heavy atom. The van der Waals surface area contributed by atoms with Gasteiger partial charge in [-0.2, -0.15) is 0 Å². The van der Waals surface area contributed by atoms with Crippen LogP contribution in [0.4, 0.5) is 0 Å². The summed E-state index contributed by atoms with van der Waals surface area (Å²) in [5, 5.41) is 3.77. The van der Waals surface area contributed by atoms with Crippen molar-refractivity contribution in [1.82, 2.24) is 10.2 Å². The quantitative estimate of drug-likeness (QED) is 0.556. The summed E-state index contributed by atoms with van der Waals surface area (Å²) in [6.07, 6.45) is 5.21. The smallest absolute Gasteiger partial charge is 0.0659 e. The van der Waals surface area contributed by atoms with Gasteiger partial charge in [0.15, 0.2) is 0 Å². The van der Waals surface area contributed by atoms with Crippen molar-refractivity contribution in [3.05, 3.63) is 19.4 Å². The Morgan fingerprint density at radius 1 is 1.42 bits per heavy atom. The van der Waals surface area contributed by atoms with Gasteiger partial charge in [-0.05, 0) is 86.1 Å². The van der Waals surface area contributed by atoms with E-state index in [1.807, 2.05) is 11.3 Å². The molecule has 1 aliphatic carbocycles. The largest absolute Gasteiger partial charge is 0.310 e. The average Bonchev–Trinajstić information content (AvgIpc) is 2.80. The zero-order valence-electron chi connectivity index (χ0n) is 12.0. The fraction of sp³-hybridized carbons (Fsp3) is 0.733. The number of aryl methyl sites for hydroxylation is 1. The standard InChI is InChI=1S/C15H25IN2S/c1-3-18(4-2)10-6-9-17-13-7-5-8-14-12(13)11-15(16)19-14/h11,13,17H,3-10H2,1-2H3. The van der Waals surface area contributed by atoms with Crippen molar-refractivity contribution in [3.63, 3.8) is 0 Å². The van der Waals surface area contributed by atoms with Gasteiger partial charge in [-0.1, -0.05) is 13.8 Å².